The monoisotopic (exact) mass is 397 g/mol. The number of carbonyl (C=O) groups excluding carboxylic acids is 1. The smallest absolute Gasteiger partial charge is 0.225 e. The Morgan fingerprint density at radius 2 is 1.78 bits per heavy atom. The van der Waals surface area contributed by atoms with Crippen LogP contribution in [-0.4, -0.2) is 14.3 Å². The van der Waals surface area contributed by atoms with Gasteiger partial charge in [-0.1, -0.05) is 36.4 Å². The van der Waals surface area contributed by atoms with Crippen LogP contribution < -0.4 is 5.32 Å². The fourth-order valence-electron chi connectivity index (χ4n) is 3.38. The van der Waals surface area contributed by atoms with Gasteiger partial charge in [-0.05, 0) is 42.7 Å². The van der Waals surface area contributed by atoms with Crippen molar-refractivity contribution in [1.82, 2.24) is 0 Å². The number of sulfone groups is 1. The standard InChI is InChI=1S/C21H19NO3S2/c1-13-8-9-15(10-14(13)2)17-11-19(23)22-20-18(12-26-21(17)20)27(24,25)16-6-4-3-5-7-16/h3-10,12,17H,11H2,1-2H3,(H,22,23)/t17-/m0/s1. The van der Waals surface area contributed by atoms with E-state index in [0.29, 0.717) is 12.1 Å². The van der Waals surface area contributed by atoms with Crippen molar-refractivity contribution in [2.75, 3.05) is 5.32 Å². The maximum atomic E-state index is 13.1. The van der Waals surface area contributed by atoms with Crippen molar-refractivity contribution in [1.29, 1.82) is 0 Å². The second-order valence-corrected chi connectivity index (χ2v) is 9.63. The van der Waals surface area contributed by atoms with Crippen molar-refractivity contribution < 1.29 is 13.2 Å². The summed E-state index contributed by atoms with van der Waals surface area (Å²) >= 11 is 1.39. The van der Waals surface area contributed by atoms with Gasteiger partial charge in [0.15, 0.2) is 0 Å². The Balaban J connectivity index is 1.84. The molecule has 2 aromatic carbocycles. The minimum Gasteiger partial charge on any atom is -0.324 e. The Bertz CT molecular complexity index is 1130. The molecule has 1 amide bonds. The van der Waals surface area contributed by atoms with Gasteiger partial charge in [-0.25, -0.2) is 8.42 Å². The van der Waals surface area contributed by atoms with Crippen molar-refractivity contribution >= 4 is 32.8 Å². The molecule has 0 fully saturated rings. The van der Waals surface area contributed by atoms with E-state index in [2.05, 4.69) is 11.4 Å². The van der Waals surface area contributed by atoms with Crippen molar-refractivity contribution in [3.05, 3.63) is 75.5 Å². The first-order valence-electron chi connectivity index (χ1n) is 8.66. The molecule has 0 saturated carbocycles. The van der Waals surface area contributed by atoms with E-state index in [1.807, 2.05) is 26.0 Å². The lowest BCUT2D eigenvalue weighted by Crippen LogP contribution is -2.23. The number of thiophene rings is 1. The Hall–Kier alpha value is -2.44. The van der Waals surface area contributed by atoms with Gasteiger partial charge in [0.2, 0.25) is 15.7 Å². The summed E-state index contributed by atoms with van der Waals surface area (Å²) in [6, 6.07) is 14.5. The summed E-state index contributed by atoms with van der Waals surface area (Å²) in [5.41, 5.74) is 3.83. The largest absolute Gasteiger partial charge is 0.324 e. The summed E-state index contributed by atoms with van der Waals surface area (Å²) in [6.07, 6.45) is 0.320. The van der Waals surface area contributed by atoms with E-state index in [4.69, 9.17) is 0 Å². The first-order valence-corrected chi connectivity index (χ1v) is 11.0. The highest BCUT2D eigenvalue weighted by Crippen LogP contribution is 2.46. The zero-order valence-electron chi connectivity index (χ0n) is 15.0. The topological polar surface area (TPSA) is 63.2 Å². The number of fused-ring (bicyclic) bond motifs is 1. The summed E-state index contributed by atoms with van der Waals surface area (Å²) in [7, 11) is -3.69. The van der Waals surface area contributed by atoms with Gasteiger partial charge < -0.3 is 5.32 Å². The lowest BCUT2D eigenvalue weighted by atomic mass is 9.89. The highest BCUT2D eigenvalue weighted by molar-refractivity contribution is 7.91. The van der Waals surface area contributed by atoms with Gasteiger partial charge in [-0.2, -0.15) is 0 Å². The number of amides is 1. The molecule has 1 aromatic heterocycles. The zero-order valence-corrected chi connectivity index (χ0v) is 16.7. The van der Waals surface area contributed by atoms with Gasteiger partial charge in [0.25, 0.3) is 0 Å². The third-order valence-electron chi connectivity index (χ3n) is 5.03. The zero-order chi connectivity index (χ0) is 19.2. The number of benzene rings is 2. The molecule has 0 spiro atoms. The molecular formula is C21H19NO3S2. The average molecular weight is 398 g/mol. The van der Waals surface area contributed by atoms with E-state index < -0.39 is 9.84 Å². The molecule has 1 atom stereocenters. The Morgan fingerprint density at radius 3 is 2.48 bits per heavy atom. The molecule has 4 nitrogen and oxygen atoms in total. The number of nitrogens with one attached hydrogen (secondary N) is 1. The molecule has 27 heavy (non-hydrogen) atoms. The quantitative estimate of drug-likeness (QED) is 0.698. The fraction of sp³-hybridized carbons (Fsp3) is 0.190. The first kappa shape index (κ1) is 17.9. The van der Waals surface area contributed by atoms with Gasteiger partial charge in [0.1, 0.15) is 4.90 Å². The van der Waals surface area contributed by atoms with Crippen LogP contribution in [0.5, 0.6) is 0 Å². The van der Waals surface area contributed by atoms with E-state index in [9.17, 15) is 13.2 Å². The molecule has 1 aliphatic rings. The number of hydrogen-bond acceptors (Lipinski definition) is 4. The third-order valence-corrected chi connectivity index (χ3v) is 8.07. The van der Waals surface area contributed by atoms with Crippen LogP contribution in [0, 0.1) is 13.8 Å². The second-order valence-electron chi connectivity index (χ2n) is 6.80. The molecule has 0 unspecified atom stereocenters. The first-order chi connectivity index (χ1) is 12.9. The lowest BCUT2D eigenvalue weighted by molar-refractivity contribution is -0.116. The van der Waals surface area contributed by atoms with Gasteiger partial charge >= 0.3 is 0 Å². The van der Waals surface area contributed by atoms with E-state index in [0.717, 1.165) is 16.0 Å². The molecule has 0 saturated heterocycles. The fourth-order valence-corrected chi connectivity index (χ4v) is 6.31. The lowest BCUT2D eigenvalue weighted by Gasteiger charge is -2.24. The van der Waals surface area contributed by atoms with Gasteiger partial charge in [-0.15, -0.1) is 11.3 Å². The van der Waals surface area contributed by atoms with Gasteiger partial charge in [0.05, 0.1) is 10.6 Å². The van der Waals surface area contributed by atoms with Crippen LogP contribution in [-0.2, 0) is 14.6 Å². The predicted molar refractivity (Wildman–Crippen MR) is 107 cm³/mol. The van der Waals surface area contributed by atoms with E-state index in [-0.39, 0.29) is 21.6 Å². The molecule has 3 aromatic rings. The van der Waals surface area contributed by atoms with Crippen LogP contribution in [0.1, 0.15) is 33.9 Å². The van der Waals surface area contributed by atoms with Crippen LogP contribution in [0.2, 0.25) is 0 Å². The number of anilines is 1. The number of carbonyl (C=O) groups is 1. The molecular weight excluding hydrogens is 378 g/mol. The molecule has 4 rings (SSSR count). The third kappa shape index (κ3) is 3.09. The highest BCUT2D eigenvalue weighted by atomic mass is 32.2. The average Bonchev–Trinajstić information content (AvgIpc) is 3.08. The Morgan fingerprint density at radius 1 is 1.04 bits per heavy atom. The predicted octanol–water partition coefficient (Wildman–Crippen LogP) is 4.67. The van der Waals surface area contributed by atoms with Gasteiger partial charge in [-0.3, -0.25) is 4.79 Å². The summed E-state index contributed by atoms with van der Waals surface area (Å²) in [5.74, 6) is -0.286. The molecule has 138 valence electrons. The minimum atomic E-state index is -3.69. The Labute approximate surface area is 162 Å². The summed E-state index contributed by atoms with van der Waals surface area (Å²) in [5, 5.41) is 4.45. The normalized spacial score (nSPS) is 16.7. The second kappa shape index (κ2) is 6.62. The van der Waals surface area contributed by atoms with Crippen LogP contribution >= 0.6 is 11.3 Å². The van der Waals surface area contributed by atoms with Crippen LogP contribution in [0.15, 0.2) is 63.7 Å². The van der Waals surface area contributed by atoms with Crippen molar-refractivity contribution in [3.8, 4) is 0 Å². The van der Waals surface area contributed by atoms with E-state index in [1.54, 1.807) is 35.7 Å². The molecule has 1 aliphatic heterocycles. The summed E-state index contributed by atoms with van der Waals surface area (Å²) < 4.78 is 26.1. The number of rotatable bonds is 3. The van der Waals surface area contributed by atoms with Crippen molar-refractivity contribution in [2.24, 2.45) is 0 Å². The van der Waals surface area contributed by atoms with Crippen molar-refractivity contribution in [3.63, 3.8) is 0 Å². The van der Waals surface area contributed by atoms with E-state index in [1.165, 1.54) is 16.9 Å². The molecule has 0 bridgehead atoms. The molecule has 2 heterocycles. The minimum absolute atomic E-state index is 0.127. The summed E-state index contributed by atoms with van der Waals surface area (Å²) in [4.78, 5) is 13.7. The maximum absolute atomic E-state index is 13.1. The maximum Gasteiger partial charge on any atom is 0.225 e. The molecule has 6 heteroatoms. The van der Waals surface area contributed by atoms with Crippen molar-refractivity contribution in [2.45, 2.75) is 36.0 Å². The SMILES string of the molecule is Cc1ccc([C@@H]2CC(=O)Nc3c(S(=O)(=O)c4ccccc4)csc32)cc1C. The number of hydrogen-bond donors (Lipinski definition) is 1. The summed E-state index contributed by atoms with van der Waals surface area (Å²) in [6.45, 7) is 4.09. The van der Waals surface area contributed by atoms with Gasteiger partial charge in [0, 0.05) is 22.6 Å². The molecule has 0 radical (unpaired) electrons. The van der Waals surface area contributed by atoms with Crippen LogP contribution in [0.3, 0.4) is 0 Å². The number of aryl methyl sites for hydroxylation is 2. The molecule has 1 N–H and O–H groups in total. The Kier molecular flexibility index (Phi) is 4.40. The van der Waals surface area contributed by atoms with Crippen LogP contribution in [0.4, 0.5) is 5.69 Å². The molecule has 0 aliphatic carbocycles. The highest BCUT2D eigenvalue weighted by Gasteiger charge is 2.34. The van der Waals surface area contributed by atoms with E-state index >= 15 is 0 Å². The van der Waals surface area contributed by atoms with Crippen LogP contribution in [0.25, 0.3) is 0 Å².